The highest BCUT2D eigenvalue weighted by Gasteiger charge is 2.21. The van der Waals surface area contributed by atoms with Gasteiger partial charge in [-0.3, -0.25) is 4.79 Å². The Kier molecular flexibility index (Phi) is 5.30. The van der Waals surface area contributed by atoms with Crippen LogP contribution in [-0.2, 0) is 0 Å². The number of halogens is 1. The first-order valence-electron chi connectivity index (χ1n) is 4.68. The van der Waals surface area contributed by atoms with Crippen LogP contribution in [0.25, 0.3) is 0 Å². The van der Waals surface area contributed by atoms with E-state index in [2.05, 4.69) is 21.2 Å². The minimum absolute atomic E-state index is 0.142. The van der Waals surface area contributed by atoms with Crippen LogP contribution >= 0.6 is 39.0 Å². The summed E-state index contributed by atoms with van der Waals surface area (Å²) in [4.78, 5) is 12.3. The van der Waals surface area contributed by atoms with Gasteiger partial charge < -0.3 is 10.4 Å². The fourth-order valence-corrected chi connectivity index (χ4v) is 3.22. The zero-order chi connectivity index (χ0) is 12.2. The van der Waals surface area contributed by atoms with Gasteiger partial charge in [-0.15, -0.1) is 11.3 Å². The summed E-state index contributed by atoms with van der Waals surface area (Å²) in [5, 5.41) is 14.5. The maximum Gasteiger partial charge on any atom is 0.261 e. The van der Waals surface area contributed by atoms with Crippen LogP contribution in [0.5, 0.6) is 0 Å². The van der Waals surface area contributed by atoms with Crippen LogP contribution in [0, 0.1) is 0 Å². The number of amides is 1. The SMILES string of the molecule is CSC[C@@](C)(O)CNC(=O)c1cc(Br)cs1. The van der Waals surface area contributed by atoms with Gasteiger partial charge in [-0.2, -0.15) is 11.8 Å². The van der Waals surface area contributed by atoms with Crippen LogP contribution in [0.15, 0.2) is 15.9 Å². The summed E-state index contributed by atoms with van der Waals surface area (Å²) in [6.07, 6.45) is 1.92. The van der Waals surface area contributed by atoms with Crippen LogP contribution in [0.4, 0.5) is 0 Å². The summed E-state index contributed by atoms with van der Waals surface area (Å²) in [5.74, 6) is 0.457. The molecule has 1 heterocycles. The molecular weight excluding hydrogens is 310 g/mol. The minimum atomic E-state index is -0.858. The molecule has 0 aromatic carbocycles. The molecule has 0 saturated carbocycles. The van der Waals surface area contributed by atoms with Crippen molar-refractivity contribution in [1.29, 1.82) is 0 Å². The van der Waals surface area contributed by atoms with Crippen LogP contribution in [0.3, 0.4) is 0 Å². The van der Waals surface area contributed by atoms with E-state index in [1.54, 1.807) is 24.8 Å². The minimum Gasteiger partial charge on any atom is -0.387 e. The van der Waals surface area contributed by atoms with E-state index >= 15 is 0 Å². The highest BCUT2D eigenvalue weighted by atomic mass is 79.9. The predicted octanol–water partition coefficient (Wildman–Crippen LogP) is 2.35. The lowest BCUT2D eigenvalue weighted by Crippen LogP contribution is -2.42. The molecule has 0 aliphatic carbocycles. The zero-order valence-electron chi connectivity index (χ0n) is 9.12. The number of hydrogen-bond acceptors (Lipinski definition) is 4. The number of rotatable bonds is 5. The largest absolute Gasteiger partial charge is 0.387 e. The third-order valence-corrected chi connectivity index (χ3v) is 4.48. The zero-order valence-corrected chi connectivity index (χ0v) is 12.3. The molecule has 0 aliphatic heterocycles. The Balaban J connectivity index is 2.47. The van der Waals surface area contributed by atoms with Crippen LogP contribution in [0.2, 0.25) is 0 Å². The van der Waals surface area contributed by atoms with E-state index in [0.717, 1.165) is 4.47 Å². The molecule has 1 rings (SSSR count). The molecule has 0 spiro atoms. The molecule has 1 aromatic rings. The lowest BCUT2D eigenvalue weighted by Gasteiger charge is -2.22. The molecule has 0 fully saturated rings. The summed E-state index contributed by atoms with van der Waals surface area (Å²) in [5.41, 5.74) is -0.858. The van der Waals surface area contributed by atoms with Crippen LogP contribution in [0.1, 0.15) is 16.6 Å². The van der Waals surface area contributed by atoms with E-state index in [-0.39, 0.29) is 12.5 Å². The number of thioether (sulfide) groups is 1. The molecule has 0 unspecified atom stereocenters. The fraction of sp³-hybridized carbons (Fsp3) is 0.500. The van der Waals surface area contributed by atoms with Crippen molar-refractivity contribution in [3.8, 4) is 0 Å². The number of hydrogen-bond donors (Lipinski definition) is 2. The average Bonchev–Trinajstić information content (AvgIpc) is 2.61. The molecule has 3 nitrogen and oxygen atoms in total. The van der Waals surface area contributed by atoms with Crippen molar-refractivity contribution in [2.24, 2.45) is 0 Å². The van der Waals surface area contributed by atoms with Crippen LogP contribution < -0.4 is 5.32 Å². The second kappa shape index (κ2) is 6.05. The van der Waals surface area contributed by atoms with Crippen molar-refractivity contribution >= 4 is 44.9 Å². The van der Waals surface area contributed by atoms with Gasteiger partial charge >= 0.3 is 0 Å². The molecule has 2 N–H and O–H groups in total. The summed E-state index contributed by atoms with van der Waals surface area (Å²) in [7, 11) is 0. The number of nitrogens with one attached hydrogen (secondary N) is 1. The Morgan fingerprint density at radius 3 is 2.94 bits per heavy atom. The third-order valence-electron chi connectivity index (χ3n) is 1.88. The topological polar surface area (TPSA) is 49.3 Å². The van der Waals surface area contributed by atoms with E-state index in [0.29, 0.717) is 10.6 Å². The molecule has 6 heteroatoms. The second-order valence-electron chi connectivity index (χ2n) is 3.74. The molecule has 0 aliphatic rings. The van der Waals surface area contributed by atoms with Gasteiger partial charge in [0.05, 0.1) is 10.5 Å². The number of carbonyl (C=O) groups is 1. The molecule has 0 radical (unpaired) electrons. The summed E-state index contributed by atoms with van der Waals surface area (Å²) in [6.45, 7) is 1.98. The average molecular weight is 324 g/mol. The normalized spacial score (nSPS) is 14.5. The molecule has 16 heavy (non-hydrogen) atoms. The standard InChI is InChI=1S/C10H14BrNO2S2/c1-10(14,6-15-2)5-12-9(13)8-3-7(11)4-16-8/h3-4,14H,5-6H2,1-2H3,(H,12,13)/t10-/m0/s1. The summed E-state index contributed by atoms with van der Waals surface area (Å²) >= 11 is 6.22. The highest BCUT2D eigenvalue weighted by Crippen LogP contribution is 2.19. The predicted molar refractivity (Wildman–Crippen MR) is 73.4 cm³/mol. The first kappa shape index (κ1) is 14.0. The smallest absolute Gasteiger partial charge is 0.261 e. The van der Waals surface area contributed by atoms with Gasteiger partial charge in [0.2, 0.25) is 0 Å². The van der Waals surface area contributed by atoms with Gasteiger partial charge in [-0.25, -0.2) is 0 Å². The monoisotopic (exact) mass is 323 g/mol. The fourth-order valence-electron chi connectivity index (χ4n) is 1.15. The summed E-state index contributed by atoms with van der Waals surface area (Å²) in [6, 6.07) is 1.77. The quantitative estimate of drug-likeness (QED) is 0.874. The van der Waals surface area contributed by atoms with E-state index in [1.807, 2.05) is 11.6 Å². The van der Waals surface area contributed by atoms with Crippen molar-refractivity contribution in [3.63, 3.8) is 0 Å². The van der Waals surface area contributed by atoms with E-state index < -0.39 is 5.60 Å². The third kappa shape index (κ3) is 4.45. The van der Waals surface area contributed by atoms with Gasteiger partial charge in [-0.1, -0.05) is 0 Å². The van der Waals surface area contributed by atoms with Crippen molar-refractivity contribution in [3.05, 3.63) is 20.8 Å². The Morgan fingerprint density at radius 1 is 1.75 bits per heavy atom. The second-order valence-corrected chi connectivity index (χ2v) is 6.43. The Labute approximate surface area is 112 Å². The molecular formula is C10H14BrNO2S2. The van der Waals surface area contributed by atoms with E-state index in [4.69, 9.17) is 0 Å². The van der Waals surface area contributed by atoms with Crippen molar-refractivity contribution in [2.45, 2.75) is 12.5 Å². The maximum atomic E-state index is 11.7. The van der Waals surface area contributed by atoms with Crippen LogP contribution in [-0.4, -0.2) is 35.2 Å². The first-order chi connectivity index (χ1) is 7.44. The molecule has 0 saturated heterocycles. The van der Waals surface area contributed by atoms with E-state index in [1.165, 1.54) is 11.3 Å². The van der Waals surface area contributed by atoms with Gasteiger partial charge in [0.1, 0.15) is 0 Å². The van der Waals surface area contributed by atoms with Gasteiger partial charge in [-0.05, 0) is 35.2 Å². The lowest BCUT2D eigenvalue weighted by atomic mass is 10.1. The highest BCUT2D eigenvalue weighted by molar-refractivity contribution is 9.10. The van der Waals surface area contributed by atoms with Crippen molar-refractivity contribution in [2.75, 3.05) is 18.6 Å². The Morgan fingerprint density at radius 2 is 2.44 bits per heavy atom. The Bertz CT molecular complexity index is 365. The van der Waals surface area contributed by atoms with Gasteiger partial charge in [0, 0.05) is 22.2 Å². The van der Waals surface area contributed by atoms with Gasteiger partial charge in [0.15, 0.2) is 0 Å². The molecule has 1 atom stereocenters. The number of aliphatic hydroxyl groups is 1. The molecule has 1 amide bonds. The number of thiophene rings is 1. The summed E-state index contributed by atoms with van der Waals surface area (Å²) < 4.78 is 0.901. The number of carbonyl (C=O) groups excluding carboxylic acids is 1. The molecule has 1 aromatic heterocycles. The molecule has 0 bridgehead atoms. The van der Waals surface area contributed by atoms with Crippen molar-refractivity contribution < 1.29 is 9.90 Å². The molecule has 90 valence electrons. The van der Waals surface area contributed by atoms with E-state index in [9.17, 15) is 9.90 Å². The van der Waals surface area contributed by atoms with Gasteiger partial charge in [0.25, 0.3) is 5.91 Å². The lowest BCUT2D eigenvalue weighted by molar-refractivity contribution is 0.0727. The van der Waals surface area contributed by atoms with Crippen molar-refractivity contribution in [1.82, 2.24) is 5.32 Å². The maximum absolute atomic E-state index is 11.7. The Hall–Kier alpha value is -0.0400. The first-order valence-corrected chi connectivity index (χ1v) is 7.75.